The van der Waals surface area contributed by atoms with Gasteiger partial charge < -0.3 is 18.9 Å². The van der Waals surface area contributed by atoms with Crippen molar-refractivity contribution < 1.29 is 28.5 Å². The van der Waals surface area contributed by atoms with Crippen molar-refractivity contribution in [3.05, 3.63) is 47.5 Å². The van der Waals surface area contributed by atoms with Crippen LogP contribution in [0, 0.1) is 46.3 Å². The van der Waals surface area contributed by atoms with E-state index >= 15 is 0 Å². The Balaban J connectivity index is 1.24. The summed E-state index contributed by atoms with van der Waals surface area (Å²) in [6.45, 7) is 13.0. The lowest BCUT2D eigenvalue weighted by Crippen LogP contribution is -2.60. The molecule has 242 valence electrons. The smallest absolute Gasteiger partial charge is 0.338 e. The zero-order valence-electron chi connectivity index (χ0n) is 27.6. The van der Waals surface area contributed by atoms with Crippen molar-refractivity contribution in [1.82, 2.24) is 0 Å². The van der Waals surface area contributed by atoms with E-state index in [2.05, 4.69) is 26.8 Å². The number of carbonyl (C=O) groups is 2. The van der Waals surface area contributed by atoms with Crippen LogP contribution in [-0.2, 0) is 23.7 Å². The molecule has 1 heterocycles. The Bertz CT molecular complexity index is 1220. The number of ether oxygens (including phenoxy) is 4. The Labute approximate surface area is 264 Å². The zero-order valence-corrected chi connectivity index (χ0v) is 27.6. The highest BCUT2D eigenvalue weighted by Gasteiger charge is 2.65. The summed E-state index contributed by atoms with van der Waals surface area (Å²) < 4.78 is 24.3. The molecule has 5 aliphatic rings. The second-order valence-electron chi connectivity index (χ2n) is 15.2. The molecule has 1 aromatic rings. The normalized spacial score (nSPS) is 38.3. The summed E-state index contributed by atoms with van der Waals surface area (Å²) in [6.07, 6.45) is 12.7. The molecule has 6 rings (SSSR count). The Kier molecular flexibility index (Phi) is 9.07. The lowest BCUT2D eigenvalue weighted by atomic mass is 9.43. The largest absolute Gasteiger partial charge is 0.463 e. The molecule has 6 nitrogen and oxygen atoms in total. The quantitative estimate of drug-likeness (QED) is 0.220. The highest BCUT2D eigenvalue weighted by atomic mass is 16.7. The molecule has 1 aliphatic heterocycles. The molecule has 4 unspecified atom stereocenters. The van der Waals surface area contributed by atoms with Crippen molar-refractivity contribution in [1.29, 1.82) is 0 Å². The number of esters is 2. The van der Waals surface area contributed by atoms with E-state index in [1.54, 1.807) is 0 Å². The minimum atomic E-state index is -0.442. The van der Waals surface area contributed by atoms with Crippen LogP contribution < -0.4 is 0 Å². The number of carbonyl (C=O) groups excluding carboxylic acids is 2. The van der Waals surface area contributed by atoms with Gasteiger partial charge in [0, 0.05) is 24.3 Å². The molecular formula is C38H54O6. The molecule has 0 bridgehead atoms. The van der Waals surface area contributed by atoms with Crippen LogP contribution in [-0.4, -0.2) is 43.7 Å². The zero-order chi connectivity index (χ0) is 31.1. The third kappa shape index (κ3) is 5.68. The molecule has 1 aromatic carbocycles. The highest BCUT2D eigenvalue weighted by Crippen LogP contribution is 2.69. The summed E-state index contributed by atoms with van der Waals surface area (Å²) in [4.78, 5) is 25.7. The van der Waals surface area contributed by atoms with Crippen molar-refractivity contribution in [2.45, 2.75) is 111 Å². The SMILES string of the molecule is CCOC(=O)C(C)=CCC[C@@H](C)[C@H]1CCC2C3C(OC(=O)c4ccccc4)C[C@H]4CC5(CC[C@]4(C)C3CC[C@@]21C)OCCO5. The summed E-state index contributed by atoms with van der Waals surface area (Å²) >= 11 is 0. The van der Waals surface area contributed by atoms with E-state index in [0.717, 1.165) is 38.5 Å². The van der Waals surface area contributed by atoms with Crippen molar-refractivity contribution in [3.8, 4) is 0 Å². The van der Waals surface area contributed by atoms with Gasteiger partial charge in [-0.3, -0.25) is 0 Å². The number of allylic oxidation sites excluding steroid dienone is 1. The second-order valence-corrected chi connectivity index (χ2v) is 15.2. The number of hydrogen-bond donors (Lipinski definition) is 0. The standard InChI is InChI=1S/C38H54O6/c1-6-41-34(39)26(3)12-10-11-25(2)29-15-16-30-33-31(17-18-37(29,30)5)36(4)19-20-38(42-21-22-43-38)24-28(36)23-32(33)44-35(40)27-13-8-7-9-14-27/h7-9,12-14,25,28-33H,6,10-11,15-24H2,1-5H3/t25-,28+,29-,30?,31?,32?,33?,36+,37-/m1/s1. The predicted molar refractivity (Wildman–Crippen MR) is 170 cm³/mol. The fourth-order valence-corrected chi connectivity index (χ4v) is 10.9. The summed E-state index contributed by atoms with van der Waals surface area (Å²) in [7, 11) is 0. The minimum absolute atomic E-state index is 0.0869. The third-order valence-electron chi connectivity index (χ3n) is 13.2. The van der Waals surface area contributed by atoms with Gasteiger partial charge in [-0.2, -0.15) is 0 Å². The van der Waals surface area contributed by atoms with Crippen molar-refractivity contribution in [2.75, 3.05) is 19.8 Å². The fourth-order valence-electron chi connectivity index (χ4n) is 10.9. The first-order valence-electron chi connectivity index (χ1n) is 17.5. The van der Waals surface area contributed by atoms with Crippen LogP contribution in [0.1, 0.15) is 109 Å². The average molecular weight is 607 g/mol. The van der Waals surface area contributed by atoms with Crippen LogP contribution >= 0.6 is 0 Å². The Morgan fingerprint density at radius 2 is 1.73 bits per heavy atom. The highest BCUT2D eigenvalue weighted by molar-refractivity contribution is 5.89. The van der Waals surface area contributed by atoms with E-state index < -0.39 is 5.79 Å². The maximum Gasteiger partial charge on any atom is 0.338 e. The number of fused-ring (bicyclic) bond motifs is 5. The van der Waals surface area contributed by atoms with Crippen LogP contribution in [0.4, 0.5) is 0 Å². The molecule has 1 spiro atoms. The molecule has 9 atom stereocenters. The monoisotopic (exact) mass is 606 g/mol. The Morgan fingerprint density at radius 3 is 2.45 bits per heavy atom. The Morgan fingerprint density at radius 1 is 1.00 bits per heavy atom. The van der Waals surface area contributed by atoms with Crippen LogP contribution in [0.2, 0.25) is 0 Å². The first-order chi connectivity index (χ1) is 21.1. The minimum Gasteiger partial charge on any atom is -0.463 e. The van der Waals surface area contributed by atoms with Gasteiger partial charge in [0.15, 0.2) is 5.79 Å². The molecule has 44 heavy (non-hydrogen) atoms. The summed E-state index contributed by atoms with van der Waals surface area (Å²) in [6, 6.07) is 9.53. The van der Waals surface area contributed by atoms with Crippen LogP contribution in [0.15, 0.2) is 42.0 Å². The predicted octanol–water partition coefficient (Wildman–Crippen LogP) is 8.15. The van der Waals surface area contributed by atoms with Crippen LogP contribution in [0.3, 0.4) is 0 Å². The van der Waals surface area contributed by atoms with Gasteiger partial charge in [0.1, 0.15) is 6.10 Å². The summed E-state index contributed by atoms with van der Waals surface area (Å²) in [5, 5.41) is 0. The van der Waals surface area contributed by atoms with Gasteiger partial charge in [0.2, 0.25) is 0 Å². The molecule has 0 N–H and O–H groups in total. The van der Waals surface area contributed by atoms with Crippen LogP contribution in [0.5, 0.6) is 0 Å². The summed E-state index contributed by atoms with van der Waals surface area (Å²) in [5.41, 5.74) is 1.80. The molecule has 5 fully saturated rings. The lowest BCUT2D eigenvalue weighted by Gasteiger charge is -2.63. The van der Waals surface area contributed by atoms with E-state index in [1.807, 2.05) is 44.2 Å². The Hall–Kier alpha value is -2.18. The fraction of sp³-hybridized carbons (Fsp3) is 0.737. The lowest BCUT2D eigenvalue weighted by molar-refractivity contribution is -0.242. The topological polar surface area (TPSA) is 71.1 Å². The molecule has 1 saturated heterocycles. The second kappa shape index (κ2) is 12.5. The van der Waals surface area contributed by atoms with Gasteiger partial charge in [-0.05, 0) is 118 Å². The molecule has 4 aliphatic carbocycles. The molecule has 0 radical (unpaired) electrons. The first-order valence-corrected chi connectivity index (χ1v) is 17.5. The molecule has 4 saturated carbocycles. The number of benzene rings is 1. The maximum absolute atomic E-state index is 13.6. The van der Waals surface area contributed by atoms with Crippen LogP contribution in [0.25, 0.3) is 0 Å². The number of hydrogen-bond acceptors (Lipinski definition) is 6. The molecule has 0 aromatic heterocycles. The molecule has 6 heteroatoms. The van der Waals surface area contributed by atoms with Crippen molar-refractivity contribution >= 4 is 11.9 Å². The van der Waals surface area contributed by atoms with Crippen molar-refractivity contribution in [3.63, 3.8) is 0 Å². The van der Waals surface area contributed by atoms with Crippen molar-refractivity contribution in [2.24, 2.45) is 46.3 Å². The van der Waals surface area contributed by atoms with Gasteiger partial charge in [-0.15, -0.1) is 0 Å². The summed E-state index contributed by atoms with van der Waals surface area (Å²) in [5.74, 6) is 2.25. The van der Waals surface area contributed by atoms with Gasteiger partial charge >= 0.3 is 11.9 Å². The van der Waals surface area contributed by atoms with E-state index in [-0.39, 0.29) is 28.9 Å². The number of rotatable bonds is 8. The average Bonchev–Trinajstić information content (AvgIpc) is 3.62. The van der Waals surface area contributed by atoms with E-state index in [0.29, 0.717) is 66.5 Å². The maximum atomic E-state index is 13.6. The first kappa shape index (κ1) is 31.8. The third-order valence-corrected chi connectivity index (χ3v) is 13.2. The molecule has 0 amide bonds. The van der Waals surface area contributed by atoms with E-state index in [1.165, 1.54) is 25.7 Å². The van der Waals surface area contributed by atoms with Gasteiger partial charge in [-0.1, -0.05) is 45.0 Å². The van der Waals surface area contributed by atoms with E-state index in [4.69, 9.17) is 18.9 Å². The van der Waals surface area contributed by atoms with Gasteiger partial charge in [0.05, 0.1) is 25.4 Å². The molecular weight excluding hydrogens is 552 g/mol. The van der Waals surface area contributed by atoms with E-state index in [9.17, 15) is 9.59 Å². The van der Waals surface area contributed by atoms with Gasteiger partial charge in [-0.25, -0.2) is 9.59 Å². The van der Waals surface area contributed by atoms with Gasteiger partial charge in [0.25, 0.3) is 0 Å².